The number of carbonyl (C=O) groups is 1. The number of piperidine rings is 1. The smallest absolute Gasteiger partial charge is 0.135 e. The topological polar surface area (TPSA) is 33.2 Å². The van der Waals surface area contributed by atoms with E-state index in [4.69, 9.17) is 0 Å². The molecule has 0 aliphatic carbocycles. The maximum atomic E-state index is 11.0. The zero-order chi connectivity index (χ0) is 12.3. The number of aromatic nitrogens is 1. The van der Waals surface area contributed by atoms with Crippen LogP contribution in [0.3, 0.4) is 0 Å². The molecule has 1 aromatic heterocycles. The highest BCUT2D eigenvalue weighted by Crippen LogP contribution is 2.23. The van der Waals surface area contributed by atoms with Crippen molar-refractivity contribution in [1.82, 2.24) is 9.88 Å². The van der Waals surface area contributed by atoms with Crippen molar-refractivity contribution in [1.29, 1.82) is 0 Å². The van der Waals surface area contributed by atoms with Crippen molar-refractivity contribution < 1.29 is 4.79 Å². The molecule has 0 radical (unpaired) electrons. The number of carbonyl (C=O) groups excluding carboxylic acids is 1. The first-order valence-corrected chi connectivity index (χ1v) is 7.06. The van der Waals surface area contributed by atoms with Crippen molar-refractivity contribution in [3.05, 3.63) is 16.1 Å². The Kier molecular flexibility index (Phi) is 4.29. The monoisotopic (exact) mass is 252 g/mol. The second-order valence-corrected chi connectivity index (χ2v) is 6.27. The van der Waals surface area contributed by atoms with Crippen LogP contribution in [-0.4, -0.2) is 35.8 Å². The van der Waals surface area contributed by atoms with Crippen molar-refractivity contribution in [3.63, 3.8) is 0 Å². The standard InChI is InChI=1S/C13H20N2OS/c1-10(16)6-12-8-14-13(17-12)7-11-4-3-5-15(2)9-11/h8,11H,3-7,9H2,1-2H3. The quantitative estimate of drug-likeness (QED) is 0.823. The van der Waals surface area contributed by atoms with Crippen LogP contribution in [0.4, 0.5) is 0 Å². The minimum absolute atomic E-state index is 0.220. The van der Waals surface area contributed by atoms with Gasteiger partial charge in [-0.05, 0) is 39.3 Å². The lowest BCUT2D eigenvalue weighted by atomic mass is 9.95. The van der Waals surface area contributed by atoms with Crippen LogP contribution in [0.5, 0.6) is 0 Å². The van der Waals surface area contributed by atoms with Gasteiger partial charge in [-0.25, -0.2) is 4.98 Å². The summed E-state index contributed by atoms with van der Waals surface area (Å²) < 4.78 is 0. The third-order valence-electron chi connectivity index (χ3n) is 3.21. The van der Waals surface area contributed by atoms with Crippen molar-refractivity contribution in [2.45, 2.75) is 32.6 Å². The third kappa shape index (κ3) is 3.89. The van der Waals surface area contributed by atoms with Crippen LogP contribution in [0.15, 0.2) is 6.20 Å². The van der Waals surface area contributed by atoms with E-state index in [2.05, 4.69) is 16.9 Å². The summed E-state index contributed by atoms with van der Waals surface area (Å²) in [7, 11) is 2.19. The maximum Gasteiger partial charge on any atom is 0.135 e. The molecule has 0 N–H and O–H groups in total. The Morgan fingerprint density at radius 2 is 2.47 bits per heavy atom. The summed E-state index contributed by atoms with van der Waals surface area (Å²) >= 11 is 1.71. The lowest BCUT2D eigenvalue weighted by molar-refractivity contribution is -0.116. The fraction of sp³-hybridized carbons (Fsp3) is 0.692. The molecule has 0 saturated carbocycles. The Hall–Kier alpha value is -0.740. The fourth-order valence-electron chi connectivity index (χ4n) is 2.46. The van der Waals surface area contributed by atoms with E-state index >= 15 is 0 Å². The molecule has 1 saturated heterocycles. The van der Waals surface area contributed by atoms with Crippen LogP contribution in [0, 0.1) is 5.92 Å². The molecule has 1 unspecified atom stereocenters. The minimum Gasteiger partial charge on any atom is -0.306 e. The van der Waals surface area contributed by atoms with Crippen LogP contribution >= 0.6 is 11.3 Å². The van der Waals surface area contributed by atoms with E-state index in [1.54, 1.807) is 18.3 Å². The van der Waals surface area contributed by atoms with E-state index in [0.29, 0.717) is 6.42 Å². The second-order valence-electron chi connectivity index (χ2n) is 5.07. The molecular weight excluding hydrogens is 232 g/mol. The fourth-order valence-corrected chi connectivity index (χ4v) is 3.56. The highest BCUT2D eigenvalue weighted by Gasteiger charge is 2.18. The Morgan fingerprint density at radius 1 is 1.65 bits per heavy atom. The zero-order valence-corrected chi connectivity index (χ0v) is 11.4. The first-order valence-electron chi connectivity index (χ1n) is 6.25. The SMILES string of the molecule is CC(=O)Cc1cnc(CC2CCCN(C)C2)s1. The second kappa shape index (κ2) is 5.74. The van der Waals surface area contributed by atoms with Gasteiger partial charge >= 0.3 is 0 Å². The molecule has 0 spiro atoms. The summed E-state index contributed by atoms with van der Waals surface area (Å²) in [6, 6.07) is 0. The van der Waals surface area contributed by atoms with E-state index in [1.807, 2.05) is 6.20 Å². The summed E-state index contributed by atoms with van der Waals surface area (Å²) in [5, 5.41) is 1.20. The number of hydrogen-bond donors (Lipinski definition) is 0. The van der Waals surface area contributed by atoms with Gasteiger partial charge < -0.3 is 4.90 Å². The molecule has 0 amide bonds. The van der Waals surface area contributed by atoms with Gasteiger partial charge in [0, 0.05) is 30.5 Å². The van der Waals surface area contributed by atoms with E-state index in [0.717, 1.165) is 17.2 Å². The third-order valence-corrected chi connectivity index (χ3v) is 4.23. The van der Waals surface area contributed by atoms with Crippen molar-refractivity contribution in [3.8, 4) is 0 Å². The van der Waals surface area contributed by atoms with Gasteiger partial charge in [0.25, 0.3) is 0 Å². The molecular formula is C13H20N2OS. The summed E-state index contributed by atoms with van der Waals surface area (Å²) in [6.07, 6.45) is 6.10. The van der Waals surface area contributed by atoms with Crippen LogP contribution in [0.1, 0.15) is 29.7 Å². The molecule has 4 heteroatoms. The van der Waals surface area contributed by atoms with Gasteiger partial charge in [-0.2, -0.15) is 0 Å². The van der Waals surface area contributed by atoms with Gasteiger partial charge in [0.05, 0.1) is 5.01 Å². The van der Waals surface area contributed by atoms with Gasteiger partial charge in [-0.15, -0.1) is 11.3 Å². The molecule has 2 heterocycles. The van der Waals surface area contributed by atoms with Crippen molar-refractivity contribution in [2.24, 2.45) is 5.92 Å². The lowest BCUT2D eigenvalue weighted by Crippen LogP contribution is -2.32. The molecule has 0 aromatic carbocycles. The molecule has 17 heavy (non-hydrogen) atoms. The number of hydrogen-bond acceptors (Lipinski definition) is 4. The molecule has 0 bridgehead atoms. The Balaban J connectivity index is 1.89. The molecule has 94 valence electrons. The highest BCUT2D eigenvalue weighted by atomic mass is 32.1. The Morgan fingerprint density at radius 3 is 3.18 bits per heavy atom. The summed E-state index contributed by atoms with van der Waals surface area (Å²) in [5.41, 5.74) is 0. The largest absolute Gasteiger partial charge is 0.306 e. The van der Waals surface area contributed by atoms with Crippen molar-refractivity contribution in [2.75, 3.05) is 20.1 Å². The Labute approximate surface area is 107 Å². The van der Waals surface area contributed by atoms with Crippen LogP contribution in [0.25, 0.3) is 0 Å². The number of ketones is 1. The Bertz CT molecular complexity index is 389. The first-order chi connectivity index (χ1) is 8.13. The molecule has 1 aromatic rings. The number of nitrogens with zero attached hydrogens (tertiary/aromatic N) is 2. The minimum atomic E-state index is 0.220. The summed E-state index contributed by atoms with van der Waals surface area (Å²) in [4.78, 5) is 19.0. The number of Topliss-reactive ketones (excluding diaryl/α,β-unsaturated/α-hetero) is 1. The normalized spacial score (nSPS) is 21.6. The lowest BCUT2D eigenvalue weighted by Gasteiger charge is -2.29. The molecule has 1 aliphatic rings. The summed E-state index contributed by atoms with van der Waals surface area (Å²) in [5.74, 6) is 0.961. The van der Waals surface area contributed by atoms with Crippen LogP contribution in [-0.2, 0) is 17.6 Å². The van der Waals surface area contributed by atoms with Gasteiger partial charge in [0.1, 0.15) is 5.78 Å². The van der Waals surface area contributed by atoms with E-state index < -0.39 is 0 Å². The van der Waals surface area contributed by atoms with Crippen LogP contribution in [0.2, 0.25) is 0 Å². The highest BCUT2D eigenvalue weighted by molar-refractivity contribution is 7.11. The number of rotatable bonds is 4. The number of likely N-dealkylation sites (tertiary alicyclic amines) is 1. The molecule has 1 aliphatic heterocycles. The maximum absolute atomic E-state index is 11.0. The van der Waals surface area contributed by atoms with Gasteiger partial charge in [-0.3, -0.25) is 4.79 Å². The zero-order valence-electron chi connectivity index (χ0n) is 10.6. The molecule has 2 rings (SSSR count). The van der Waals surface area contributed by atoms with E-state index in [-0.39, 0.29) is 5.78 Å². The van der Waals surface area contributed by atoms with Crippen LogP contribution < -0.4 is 0 Å². The van der Waals surface area contributed by atoms with Crippen molar-refractivity contribution >= 4 is 17.1 Å². The number of thiazole rings is 1. The van der Waals surface area contributed by atoms with E-state index in [1.165, 1.54) is 30.9 Å². The molecule has 3 nitrogen and oxygen atoms in total. The average molecular weight is 252 g/mol. The predicted octanol–water partition coefficient (Wildman–Crippen LogP) is 2.16. The van der Waals surface area contributed by atoms with E-state index in [9.17, 15) is 4.79 Å². The predicted molar refractivity (Wildman–Crippen MR) is 70.4 cm³/mol. The molecule has 1 atom stereocenters. The summed E-state index contributed by atoms with van der Waals surface area (Å²) in [6.45, 7) is 4.04. The van der Waals surface area contributed by atoms with Gasteiger partial charge in [-0.1, -0.05) is 0 Å². The average Bonchev–Trinajstić information content (AvgIpc) is 2.64. The molecule has 1 fully saturated rings. The first kappa shape index (κ1) is 12.7. The van der Waals surface area contributed by atoms with Gasteiger partial charge in [0.2, 0.25) is 0 Å². The van der Waals surface area contributed by atoms with Gasteiger partial charge in [0.15, 0.2) is 0 Å².